The summed E-state index contributed by atoms with van der Waals surface area (Å²) < 4.78 is 40.6. The third-order valence-electron chi connectivity index (χ3n) is 15.9. The van der Waals surface area contributed by atoms with Crippen molar-refractivity contribution in [1.82, 2.24) is 49.6 Å². The summed E-state index contributed by atoms with van der Waals surface area (Å²) in [6, 6.07) is 35.0. The highest BCUT2D eigenvalue weighted by molar-refractivity contribution is 5.94. The summed E-state index contributed by atoms with van der Waals surface area (Å²) in [7, 11) is 1.99. The quantitative estimate of drug-likeness (QED) is 0.0641. The number of phenolic OH excluding ortho intramolecular Hbond substituents is 2. The first-order chi connectivity index (χ1) is 40.4. The Kier molecular flexibility index (Phi) is 17.6. The Bertz CT molecular complexity index is 3560. The predicted molar refractivity (Wildman–Crippen MR) is 314 cm³/mol. The van der Waals surface area contributed by atoms with E-state index in [9.17, 15) is 43.0 Å². The normalized spacial score (nSPS) is 15.8. The minimum absolute atomic E-state index is 0.00355. The average Bonchev–Trinajstić information content (AvgIpc) is 2.50. The van der Waals surface area contributed by atoms with E-state index in [-0.39, 0.29) is 59.5 Å². The third kappa shape index (κ3) is 13.5. The van der Waals surface area contributed by atoms with Gasteiger partial charge in [-0.25, -0.2) is 4.98 Å². The summed E-state index contributed by atoms with van der Waals surface area (Å²) in [4.78, 5) is 62.2. The average molecular weight is 1150 g/mol. The van der Waals surface area contributed by atoms with Gasteiger partial charge in [0, 0.05) is 120 Å². The van der Waals surface area contributed by atoms with Gasteiger partial charge >= 0.3 is 6.18 Å². The highest BCUT2D eigenvalue weighted by Gasteiger charge is 2.34. The number of phenols is 2. The van der Waals surface area contributed by atoms with E-state index in [1.165, 1.54) is 21.4 Å². The second-order valence-corrected chi connectivity index (χ2v) is 22.2. The van der Waals surface area contributed by atoms with Crippen molar-refractivity contribution < 1.29 is 37.8 Å². The zero-order chi connectivity index (χ0) is 59.2. The number of anilines is 3. The first-order valence-electron chi connectivity index (χ1n) is 28.4. The molecule has 3 aliphatic rings. The number of piperazine rings is 2. The lowest BCUT2D eigenvalue weighted by molar-refractivity contribution is -0.133. The SMILES string of the molecule is CC(=O)N1CCN(c2nc(NCCC(=O)N3CCN(Cc4ccc(CN(C)Cc5ccc(-n6c(C(=O)NCC(F)(F)F)nnc6-c6cc(C(C)C)c(O)cc6O)cc5)cc4)CC3)nc3c2CCN(c2cccc4ccccc24)C3)CC1CC#N. The number of carbonyl (C=O) groups is 3. The van der Waals surface area contributed by atoms with Crippen molar-refractivity contribution in [3.63, 3.8) is 0 Å². The van der Waals surface area contributed by atoms with Gasteiger partial charge in [0.2, 0.25) is 23.6 Å². The number of hydrogen-bond donors (Lipinski definition) is 4. The van der Waals surface area contributed by atoms with E-state index in [1.807, 2.05) is 49.3 Å². The lowest BCUT2D eigenvalue weighted by atomic mass is 9.98. The summed E-state index contributed by atoms with van der Waals surface area (Å²) in [5.74, 6) is -0.873. The highest BCUT2D eigenvalue weighted by atomic mass is 19.4. The Balaban J connectivity index is 0.724. The first kappa shape index (κ1) is 58.4. The smallest absolute Gasteiger partial charge is 0.405 e. The monoisotopic (exact) mass is 1150 g/mol. The van der Waals surface area contributed by atoms with Crippen molar-refractivity contribution in [2.75, 3.05) is 87.6 Å². The van der Waals surface area contributed by atoms with E-state index < -0.39 is 24.5 Å². The van der Waals surface area contributed by atoms with Crippen LogP contribution in [0.2, 0.25) is 0 Å². The number of nitriles is 1. The fourth-order valence-corrected chi connectivity index (χ4v) is 11.6. The number of nitrogens with one attached hydrogen (secondary N) is 2. The zero-order valence-corrected chi connectivity index (χ0v) is 47.6. The summed E-state index contributed by atoms with van der Waals surface area (Å²) >= 11 is 0. The van der Waals surface area contributed by atoms with Gasteiger partial charge in [0.1, 0.15) is 23.9 Å². The van der Waals surface area contributed by atoms with Crippen LogP contribution in [0.5, 0.6) is 11.5 Å². The van der Waals surface area contributed by atoms with Gasteiger partial charge in [-0.3, -0.25) is 28.8 Å². The number of carbonyl (C=O) groups excluding carboxylic acids is 3. The van der Waals surface area contributed by atoms with Gasteiger partial charge in [-0.15, -0.1) is 10.2 Å². The molecule has 5 aromatic carbocycles. The number of alkyl halides is 3. The van der Waals surface area contributed by atoms with Crippen molar-refractivity contribution >= 4 is 45.9 Å². The number of rotatable bonds is 18. The lowest BCUT2D eigenvalue weighted by Crippen LogP contribution is -2.55. The minimum Gasteiger partial charge on any atom is -0.508 e. The Morgan fingerprint density at radius 1 is 0.821 bits per heavy atom. The molecule has 1 unspecified atom stereocenters. The summed E-state index contributed by atoms with van der Waals surface area (Å²) in [6.45, 7) is 11.6. The number of halogens is 3. The lowest BCUT2D eigenvalue weighted by Gasteiger charge is -2.42. The fourth-order valence-electron chi connectivity index (χ4n) is 11.6. The molecular weight excluding hydrogens is 1080 g/mol. The molecule has 4 N–H and O–H groups in total. The van der Waals surface area contributed by atoms with Crippen LogP contribution in [-0.2, 0) is 42.2 Å². The molecule has 2 saturated heterocycles. The molecular formula is C62H69F3N14O5. The molecule has 0 spiro atoms. The summed E-state index contributed by atoms with van der Waals surface area (Å²) in [5, 5.41) is 46.7. The molecule has 10 rings (SSSR count). The molecule has 0 radical (unpaired) electrons. The van der Waals surface area contributed by atoms with Crippen LogP contribution in [0, 0.1) is 11.3 Å². The van der Waals surface area contributed by atoms with E-state index in [0.717, 1.165) is 78.1 Å². The molecule has 3 aliphatic heterocycles. The van der Waals surface area contributed by atoms with Crippen LogP contribution in [-0.4, -0.2) is 157 Å². The van der Waals surface area contributed by atoms with Gasteiger partial charge in [0.25, 0.3) is 5.91 Å². The number of amides is 3. The number of benzene rings is 5. The standard InChI is InChI=1S/C62H69F3N14O5/c1-40(2)50-32-51(55(82)33-54(50)81)58-71-72-59(60(84)68-39-62(63,64)65)79(58)46-18-16-43(17-19-46)35-73(4)34-42-12-14-44(15-13-42)36-74-26-28-75(29-27-74)56(83)21-24-67-61-69-52-38-76(53-11-7-9-45-8-5-6-10-48(45)53)25-22-49(52)57(70-61)77-30-31-78(41(3)80)47(37-77)20-23-66/h5-19,32-33,40,47,81-82H,20-22,24-31,34-39H2,1-4H3,(H,68,84)(H,67,69,70). The molecule has 438 valence electrons. The molecule has 2 aromatic heterocycles. The number of fused-ring (bicyclic) bond motifs is 2. The van der Waals surface area contributed by atoms with Crippen LogP contribution in [0.25, 0.3) is 27.8 Å². The first-order valence-corrected chi connectivity index (χ1v) is 28.4. The second-order valence-electron chi connectivity index (χ2n) is 22.2. The van der Waals surface area contributed by atoms with Gasteiger partial charge in [-0.05, 0) is 71.3 Å². The van der Waals surface area contributed by atoms with Crippen molar-refractivity contribution in [3.05, 3.63) is 142 Å². The highest BCUT2D eigenvalue weighted by Crippen LogP contribution is 2.39. The Labute approximate surface area is 485 Å². The largest absolute Gasteiger partial charge is 0.508 e. The predicted octanol–water partition coefficient (Wildman–Crippen LogP) is 8.00. The maximum Gasteiger partial charge on any atom is 0.405 e. The maximum atomic E-state index is 13.7. The fraction of sp³-hybridized carbons (Fsp3) is 0.387. The van der Waals surface area contributed by atoms with Gasteiger partial charge < -0.3 is 40.4 Å². The van der Waals surface area contributed by atoms with Crippen LogP contribution < -0.4 is 20.4 Å². The molecule has 1 atom stereocenters. The molecule has 3 amide bonds. The third-order valence-corrected chi connectivity index (χ3v) is 15.9. The van der Waals surface area contributed by atoms with Crippen LogP contribution in [0.3, 0.4) is 0 Å². The maximum absolute atomic E-state index is 13.7. The van der Waals surface area contributed by atoms with Crippen molar-refractivity contribution in [3.8, 4) is 34.6 Å². The molecule has 0 bridgehead atoms. The summed E-state index contributed by atoms with van der Waals surface area (Å²) in [5.41, 5.74) is 7.32. The summed E-state index contributed by atoms with van der Waals surface area (Å²) in [6.07, 6.45) is -3.43. The molecule has 22 heteroatoms. The Morgan fingerprint density at radius 2 is 1.52 bits per heavy atom. The van der Waals surface area contributed by atoms with E-state index in [1.54, 1.807) is 24.0 Å². The van der Waals surface area contributed by atoms with Crippen molar-refractivity contribution in [2.24, 2.45) is 0 Å². The van der Waals surface area contributed by atoms with Crippen molar-refractivity contribution in [2.45, 2.75) is 84.3 Å². The van der Waals surface area contributed by atoms with E-state index in [0.29, 0.717) is 76.1 Å². The van der Waals surface area contributed by atoms with E-state index in [2.05, 4.69) is 102 Å². The molecule has 0 saturated carbocycles. The number of aromatic hydroxyl groups is 2. The van der Waals surface area contributed by atoms with Gasteiger partial charge in [-0.2, -0.15) is 23.4 Å². The van der Waals surface area contributed by atoms with Crippen LogP contribution >= 0.6 is 0 Å². The Morgan fingerprint density at radius 3 is 2.23 bits per heavy atom. The van der Waals surface area contributed by atoms with Crippen LogP contribution in [0.15, 0.2) is 103 Å². The van der Waals surface area contributed by atoms with E-state index in [4.69, 9.17) is 9.97 Å². The van der Waals surface area contributed by atoms with Crippen LogP contribution in [0.1, 0.15) is 83.7 Å². The molecule has 7 aromatic rings. The van der Waals surface area contributed by atoms with Crippen molar-refractivity contribution in [1.29, 1.82) is 5.26 Å². The van der Waals surface area contributed by atoms with Gasteiger partial charge in [0.15, 0.2) is 5.82 Å². The minimum atomic E-state index is -4.66. The van der Waals surface area contributed by atoms with Gasteiger partial charge in [0.05, 0.1) is 36.3 Å². The number of aromatic nitrogens is 5. The molecule has 5 heterocycles. The van der Waals surface area contributed by atoms with Gasteiger partial charge in [-0.1, -0.05) is 86.6 Å². The molecule has 84 heavy (non-hydrogen) atoms. The molecule has 2 fully saturated rings. The van der Waals surface area contributed by atoms with Crippen LogP contribution in [0.4, 0.5) is 30.6 Å². The molecule has 19 nitrogen and oxygen atoms in total. The van der Waals surface area contributed by atoms with E-state index >= 15 is 0 Å². The number of hydrogen-bond acceptors (Lipinski definition) is 15. The molecule has 0 aliphatic carbocycles. The topological polar surface area (TPSA) is 215 Å². The Hall–Kier alpha value is -8.81. The number of nitrogens with zero attached hydrogens (tertiary/aromatic N) is 12. The second kappa shape index (κ2) is 25.4. The zero-order valence-electron chi connectivity index (χ0n) is 47.6.